The number of nitro groups is 2. The van der Waals surface area contributed by atoms with Gasteiger partial charge in [0.05, 0.1) is 27.0 Å². The van der Waals surface area contributed by atoms with Crippen molar-refractivity contribution in [1.82, 2.24) is 0 Å². The highest BCUT2D eigenvalue weighted by Gasteiger charge is 2.37. The zero-order chi connectivity index (χ0) is 19.9. The quantitative estimate of drug-likeness (QED) is 0.416. The predicted molar refractivity (Wildman–Crippen MR) is 75.2 cm³/mol. The molecule has 26 heavy (non-hydrogen) atoms. The van der Waals surface area contributed by atoms with Crippen LogP contribution in [0.15, 0.2) is 36.4 Å². The molecule has 0 aromatic heterocycles. The maximum Gasteiger partial charge on any atom is 0.416 e. The van der Waals surface area contributed by atoms with Crippen LogP contribution in [-0.4, -0.2) is 9.85 Å². The summed E-state index contributed by atoms with van der Waals surface area (Å²) in [7, 11) is 0. The molecule has 0 aliphatic rings. The molecule has 0 bridgehead atoms. The fourth-order valence-corrected chi connectivity index (χ4v) is 2.09. The van der Waals surface area contributed by atoms with E-state index in [4.69, 9.17) is 0 Å². The van der Waals surface area contributed by atoms with Gasteiger partial charge in [-0.05, 0) is 29.3 Å². The molecule has 0 amide bonds. The fourth-order valence-electron chi connectivity index (χ4n) is 2.09. The van der Waals surface area contributed by atoms with Crippen molar-refractivity contribution in [3.8, 4) is 11.1 Å². The van der Waals surface area contributed by atoms with E-state index in [1.807, 2.05) is 0 Å². The van der Waals surface area contributed by atoms with Crippen molar-refractivity contribution in [2.75, 3.05) is 0 Å². The number of rotatable bonds is 3. The summed E-state index contributed by atoms with van der Waals surface area (Å²) in [4.78, 5) is 19.6. The number of halogens is 6. The largest absolute Gasteiger partial charge is 0.416 e. The first kappa shape index (κ1) is 19.1. The Morgan fingerprint density at radius 1 is 0.615 bits per heavy atom. The Bertz CT molecular complexity index is 827. The highest BCUT2D eigenvalue weighted by Crippen LogP contribution is 2.39. The van der Waals surface area contributed by atoms with E-state index < -0.39 is 55.8 Å². The van der Waals surface area contributed by atoms with Gasteiger partial charge in [-0.25, -0.2) is 0 Å². The van der Waals surface area contributed by atoms with Crippen LogP contribution in [0.1, 0.15) is 11.1 Å². The molecule has 0 saturated carbocycles. The Morgan fingerprint density at radius 3 is 1.27 bits per heavy atom. The monoisotopic (exact) mass is 380 g/mol. The van der Waals surface area contributed by atoms with Crippen LogP contribution >= 0.6 is 0 Å². The van der Waals surface area contributed by atoms with E-state index >= 15 is 0 Å². The molecule has 0 radical (unpaired) electrons. The number of hydrogen-bond acceptors (Lipinski definition) is 4. The summed E-state index contributed by atoms with van der Waals surface area (Å²) in [6, 6.07) is 2.40. The third-order valence-corrected chi connectivity index (χ3v) is 3.25. The first-order valence-corrected chi connectivity index (χ1v) is 6.53. The zero-order valence-corrected chi connectivity index (χ0v) is 12.3. The van der Waals surface area contributed by atoms with Crippen LogP contribution in [0.5, 0.6) is 0 Å². The van der Waals surface area contributed by atoms with Crippen LogP contribution in [0.25, 0.3) is 11.1 Å². The summed E-state index contributed by atoms with van der Waals surface area (Å²) < 4.78 is 77.3. The van der Waals surface area contributed by atoms with Crippen molar-refractivity contribution in [3.05, 3.63) is 67.8 Å². The van der Waals surface area contributed by atoms with Gasteiger partial charge >= 0.3 is 12.4 Å². The standard InChI is InChI=1S/C14H6F6N2O4/c15-13(16,17)9-1-7(2-10(5-9)14(18,19)20)8-3-11(21(23)24)6-12(4-8)22(25)26/h1-6H. The first-order chi connectivity index (χ1) is 11.8. The van der Waals surface area contributed by atoms with Gasteiger partial charge in [-0.2, -0.15) is 26.3 Å². The number of hydrogen-bond donors (Lipinski definition) is 0. The van der Waals surface area contributed by atoms with E-state index in [0.717, 1.165) is 0 Å². The molecule has 0 N–H and O–H groups in total. The van der Waals surface area contributed by atoms with Crippen molar-refractivity contribution in [2.45, 2.75) is 12.4 Å². The SMILES string of the molecule is O=[N+]([O-])c1cc(-c2cc(C(F)(F)F)cc(C(F)(F)F)c2)cc([N+](=O)[O-])c1. The first-order valence-electron chi connectivity index (χ1n) is 6.53. The normalized spacial score (nSPS) is 12.1. The van der Waals surface area contributed by atoms with Crippen LogP contribution < -0.4 is 0 Å². The molecular formula is C14H6F6N2O4. The predicted octanol–water partition coefficient (Wildman–Crippen LogP) is 5.21. The van der Waals surface area contributed by atoms with E-state index in [1.165, 1.54) is 0 Å². The van der Waals surface area contributed by atoms with Gasteiger partial charge < -0.3 is 0 Å². The van der Waals surface area contributed by atoms with Crippen LogP contribution in [0.2, 0.25) is 0 Å². The van der Waals surface area contributed by atoms with E-state index in [0.29, 0.717) is 30.3 Å². The van der Waals surface area contributed by atoms with Gasteiger partial charge in [0.2, 0.25) is 0 Å². The Kier molecular flexibility index (Phi) is 4.62. The van der Waals surface area contributed by atoms with Gasteiger partial charge in [0, 0.05) is 12.1 Å². The number of alkyl halides is 6. The Morgan fingerprint density at radius 2 is 0.962 bits per heavy atom. The average molecular weight is 380 g/mol. The third kappa shape index (κ3) is 4.07. The summed E-state index contributed by atoms with van der Waals surface area (Å²) >= 11 is 0. The Hall–Kier alpha value is -3.18. The summed E-state index contributed by atoms with van der Waals surface area (Å²) in [5, 5.41) is 21.7. The van der Waals surface area contributed by atoms with Gasteiger partial charge in [-0.1, -0.05) is 0 Å². The highest BCUT2D eigenvalue weighted by molar-refractivity contribution is 5.71. The van der Waals surface area contributed by atoms with Crippen molar-refractivity contribution >= 4 is 11.4 Å². The van der Waals surface area contributed by atoms with Crippen molar-refractivity contribution in [1.29, 1.82) is 0 Å². The lowest BCUT2D eigenvalue weighted by molar-refractivity contribution is -0.394. The van der Waals surface area contributed by atoms with E-state index in [1.54, 1.807) is 0 Å². The van der Waals surface area contributed by atoms with Crippen LogP contribution in [0.3, 0.4) is 0 Å². The lowest BCUT2D eigenvalue weighted by atomic mass is 9.98. The smallest absolute Gasteiger partial charge is 0.258 e. The molecule has 0 atom stereocenters. The molecule has 0 saturated heterocycles. The van der Waals surface area contributed by atoms with Crippen molar-refractivity contribution in [2.24, 2.45) is 0 Å². The second kappa shape index (κ2) is 6.28. The summed E-state index contributed by atoms with van der Waals surface area (Å²) in [6.45, 7) is 0. The van der Waals surface area contributed by atoms with Gasteiger partial charge in [0.15, 0.2) is 0 Å². The highest BCUT2D eigenvalue weighted by atomic mass is 19.4. The average Bonchev–Trinajstić information content (AvgIpc) is 2.52. The second-order valence-corrected chi connectivity index (χ2v) is 5.05. The van der Waals surface area contributed by atoms with Crippen molar-refractivity contribution in [3.63, 3.8) is 0 Å². The number of nitrogens with zero attached hydrogens (tertiary/aromatic N) is 2. The molecule has 12 heteroatoms. The molecular weight excluding hydrogens is 374 g/mol. The molecule has 0 unspecified atom stereocenters. The summed E-state index contributed by atoms with van der Waals surface area (Å²) in [5.41, 5.74) is -6.20. The van der Waals surface area contributed by atoms with E-state index in [-0.39, 0.29) is 6.07 Å². The molecule has 0 aliphatic heterocycles. The molecule has 0 spiro atoms. The van der Waals surface area contributed by atoms with Crippen LogP contribution in [-0.2, 0) is 12.4 Å². The third-order valence-electron chi connectivity index (χ3n) is 3.25. The van der Waals surface area contributed by atoms with Crippen molar-refractivity contribution < 1.29 is 36.2 Å². The maximum atomic E-state index is 12.9. The van der Waals surface area contributed by atoms with Crippen LogP contribution in [0.4, 0.5) is 37.7 Å². The van der Waals surface area contributed by atoms with E-state index in [2.05, 4.69) is 0 Å². The molecule has 138 valence electrons. The minimum atomic E-state index is -5.12. The van der Waals surface area contributed by atoms with Gasteiger partial charge in [0.1, 0.15) is 0 Å². The molecule has 0 aliphatic carbocycles. The number of nitro benzene ring substituents is 2. The van der Waals surface area contributed by atoms with Crippen LogP contribution in [0, 0.1) is 20.2 Å². The molecule has 0 heterocycles. The minimum absolute atomic E-state index is 0.116. The van der Waals surface area contributed by atoms with Gasteiger partial charge in [-0.3, -0.25) is 20.2 Å². The zero-order valence-electron chi connectivity index (χ0n) is 12.3. The minimum Gasteiger partial charge on any atom is -0.258 e. The molecule has 2 aromatic carbocycles. The lowest BCUT2D eigenvalue weighted by Gasteiger charge is -2.14. The molecule has 2 rings (SSSR count). The number of non-ortho nitro benzene ring substituents is 2. The van der Waals surface area contributed by atoms with Gasteiger partial charge in [0.25, 0.3) is 11.4 Å². The Labute approximate surface area is 140 Å². The lowest BCUT2D eigenvalue weighted by Crippen LogP contribution is -2.11. The molecule has 2 aromatic rings. The summed E-state index contributed by atoms with van der Waals surface area (Å²) in [5.74, 6) is 0. The second-order valence-electron chi connectivity index (χ2n) is 5.05. The number of benzene rings is 2. The maximum absolute atomic E-state index is 12.9. The van der Waals surface area contributed by atoms with Gasteiger partial charge in [-0.15, -0.1) is 0 Å². The van der Waals surface area contributed by atoms with E-state index in [9.17, 15) is 46.6 Å². The molecule has 6 nitrogen and oxygen atoms in total. The fraction of sp³-hybridized carbons (Fsp3) is 0.143. The topological polar surface area (TPSA) is 86.3 Å². The Balaban J connectivity index is 2.78. The summed E-state index contributed by atoms with van der Waals surface area (Å²) in [6.07, 6.45) is -10.2. The molecule has 0 fully saturated rings.